The molecular weight excluding hydrogens is 468 g/mol. The van der Waals surface area contributed by atoms with Gasteiger partial charge < -0.3 is 24.5 Å². The summed E-state index contributed by atoms with van der Waals surface area (Å²) in [5, 5.41) is 6.50. The maximum absolute atomic E-state index is 13.2. The molecule has 0 aliphatic carbocycles. The fraction of sp³-hybridized carbons (Fsp3) is 0.0667. The van der Waals surface area contributed by atoms with Crippen molar-refractivity contribution in [3.63, 3.8) is 0 Å². The SMILES string of the molecule is COc1ccccc1NC(=O)c1ccc(NC(=O)c2oc3ccccc3c2COc2ccccc2)cc1. The van der Waals surface area contributed by atoms with Gasteiger partial charge in [-0.05, 0) is 54.6 Å². The predicted octanol–water partition coefficient (Wildman–Crippen LogP) is 6.53. The van der Waals surface area contributed by atoms with E-state index < -0.39 is 5.91 Å². The van der Waals surface area contributed by atoms with Crippen molar-refractivity contribution in [2.24, 2.45) is 0 Å². The first-order chi connectivity index (χ1) is 18.1. The van der Waals surface area contributed by atoms with Gasteiger partial charge in [-0.25, -0.2) is 0 Å². The number of hydrogen-bond acceptors (Lipinski definition) is 5. The van der Waals surface area contributed by atoms with Crippen molar-refractivity contribution in [3.8, 4) is 11.5 Å². The quantitative estimate of drug-likeness (QED) is 0.257. The third-order valence-electron chi connectivity index (χ3n) is 5.79. The van der Waals surface area contributed by atoms with Crippen LogP contribution in [0.3, 0.4) is 0 Å². The number of benzene rings is 4. The van der Waals surface area contributed by atoms with Gasteiger partial charge in [-0.2, -0.15) is 0 Å². The number of methoxy groups -OCH3 is 1. The lowest BCUT2D eigenvalue weighted by molar-refractivity contribution is 0.0994. The van der Waals surface area contributed by atoms with Gasteiger partial charge in [0.2, 0.25) is 0 Å². The summed E-state index contributed by atoms with van der Waals surface area (Å²) in [6, 6.07) is 30.6. The van der Waals surface area contributed by atoms with Crippen LogP contribution in [0.2, 0.25) is 0 Å². The number of nitrogens with one attached hydrogen (secondary N) is 2. The van der Waals surface area contributed by atoms with Crippen LogP contribution in [-0.2, 0) is 6.61 Å². The molecule has 1 aromatic heterocycles. The number of carbonyl (C=O) groups excluding carboxylic acids is 2. The van der Waals surface area contributed by atoms with Gasteiger partial charge in [0.25, 0.3) is 11.8 Å². The molecule has 5 rings (SSSR count). The highest BCUT2D eigenvalue weighted by molar-refractivity contribution is 6.08. The predicted molar refractivity (Wildman–Crippen MR) is 142 cm³/mol. The number of para-hydroxylation sites is 4. The first-order valence-electron chi connectivity index (χ1n) is 11.7. The zero-order valence-corrected chi connectivity index (χ0v) is 20.1. The standard InChI is InChI=1S/C30H24N2O5/c1-35-27-14-8-6-12-25(27)32-29(33)20-15-17-21(18-16-20)31-30(34)28-24(19-36-22-9-3-2-4-10-22)23-11-5-7-13-26(23)37-28/h2-18H,19H2,1H3,(H,31,34)(H,32,33). The number of fused-ring (bicyclic) bond motifs is 1. The average molecular weight is 493 g/mol. The molecule has 0 saturated heterocycles. The Kier molecular flexibility index (Phi) is 6.85. The Labute approximate surface area is 213 Å². The molecule has 0 atom stereocenters. The summed E-state index contributed by atoms with van der Waals surface area (Å²) in [5.74, 6) is 0.739. The molecule has 0 aliphatic heterocycles. The maximum Gasteiger partial charge on any atom is 0.291 e. The monoisotopic (exact) mass is 492 g/mol. The molecule has 0 bridgehead atoms. The lowest BCUT2D eigenvalue weighted by atomic mass is 10.1. The second kappa shape index (κ2) is 10.7. The first kappa shape index (κ1) is 23.7. The van der Waals surface area contributed by atoms with Crippen molar-refractivity contribution in [3.05, 3.63) is 120 Å². The largest absolute Gasteiger partial charge is 0.495 e. The number of carbonyl (C=O) groups is 2. The topological polar surface area (TPSA) is 89.8 Å². The minimum atomic E-state index is -0.408. The summed E-state index contributed by atoms with van der Waals surface area (Å²) in [7, 11) is 1.55. The van der Waals surface area contributed by atoms with E-state index in [0.717, 1.165) is 5.39 Å². The van der Waals surface area contributed by atoms with E-state index in [-0.39, 0.29) is 18.3 Å². The lowest BCUT2D eigenvalue weighted by Gasteiger charge is -2.10. The van der Waals surface area contributed by atoms with Gasteiger partial charge >= 0.3 is 0 Å². The van der Waals surface area contributed by atoms with E-state index in [9.17, 15) is 9.59 Å². The van der Waals surface area contributed by atoms with Crippen LogP contribution in [0.15, 0.2) is 108 Å². The molecule has 0 aliphatic rings. The molecule has 5 aromatic rings. The van der Waals surface area contributed by atoms with E-state index in [1.54, 1.807) is 43.5 Å². The summed E-state index contributed by atoms with van der Waals surface area (Å²) in [6.45, 7) is 0.172. The molecule has 7 nitrogen and oxygen atoms in total. The summed E-state index contributed by atoms with van der Waals surface area (Å²) in [4.78, 5) is 25.9. The Morgan fingerprint density at radius 1 is 0.757 bits per heavy atom. The Morgan fingerprint density at radius 2 is 1.46 bits per heavy atom. The average Bonchev–Trinajstić information content (AvgIpc) is 3.32. The minimum absolute atomic E-state index is 0.172. The zero-order chi connectivity index (χ0) is 25.6. The third-order valence-corrected chi connectivity index (χ3v) is 5.79. The van der Waals surface area contributed by atoms with E-state index in [4.69, 9.17) is 13.9 Å². The van der Waals surface area contributed by atoms with Crippen LogP contribution in [0.1, 0.15) is 26.5 Å². The van der Waals surface area contributed by atoms with Crippen molar-refractivity contribution in [1.29, 1.82) is 0 Å². The first-order valence-corrected chi connectivity index (χ1v) is 11.7. The zero-order valence-electron chi connectivity index (χ0n) is 20.1. The highest BCUT2D eigenvalue weighted by Crippen LogP contribution is 2.28. The highest BCUT2D eigenvalue weighted by atomic mass is 16.5. The molecule has 0 unspecified atom stereocenters. The van der Waals surface area contributed by atoms with E-state index in [1.165, 1.54) is 0 Å². The van der Waals surface area contributed by atoms with Gasteiger partial charge in [0.15, 0.2) is 5.76 Å². The number of furan rings is 1. The Morgan fingerprint density at radius 3 is 2.24 bits per heavy atom. The summed E-state index contributed by atoms with van der Waals surface area (Å²) in [5.41, 5.74) is 2.79. The fourth-order valence-electron chi connectivity index (χ4n) is 3.93. The normalized spacial score (nSPS) is 10.6. The lowest BCUT2D eigenvalue weighted by Crippen LogP contribution is -2.15. The minimum Gasteiger partial charge on any atom is -0.495 e. The van der Waals surface area contributed by atoms with Gasteiger partial charge in [-0.3, -0.25) is 9.59 Å². The number of hydrogen-bond donors (Lipinski definition) is 2. The molecule has 1 heterocycles. The third kappa shape index (κ3) is 5.31. The number of rotatable bonds is 8. The maximum atomic E-state index is 13.2. The van der Waals surface area contributed by atoms with Crippen LogP contribution >= 0.6 is 0 Å². The van der Waals surface area contributed by atoms with E-state index in [0.29, 0.717) is 39.6 Å². The van der Waals surface area contributed by atoms with E-state index in [1.807, 2.05) is 66.7 Å². The van der Waals surface area contributed by atoms with Gasteiger partial charge in [0.05, 0.1) is 12.8 Å². The van der Waals surface area contributed by atoms with E-state index in [2.05, 4.69) is 10.6 Å². The molecule has 184 valence electrons. The van der Waals surface area contributed by atoms with Crippen molar-refractivity contribution < 1.29 is 23.5 Å². The molecule has 7 heteroatoms. The molecule has 37 heavy (non-hydrogen) atoms. The van der Waals surface area contributed by atoms with Crippen LogP contribution in [-0.4, -0.2) is 18.9 Å². The fourth-order valence-corrected chi connectivity index (χ4v) is 3.93. The van der Waals surface area contributed by atoms with Crippen molar-refractivity contribution >= 4 is 34.2 Å². The summed E-state index contributed by atoms with van der Waals surface area (Å²) in [6.07, 6.45) is 0. The molecule has 0 spiro atoms. The van der Waals surface area contributed by atoms with Gasteiger partial charge in [0, 0.05) is 22.2 Å². The van der Waals surface area contributed by atoms with Gasteiger partial charge in [0.1, 0.15) is 23.7 Å². The number of ether oxygens (including phenoxy) is 2. The second-order valence-corrected chi connectivity index (χ2v) is 8.19. The van der Waals surface area contributed by atoms with Crippen LogP contribution in [0.25, 0.3) is 11.0 Å². The summed E-state index contributed by atoms with van der Waals surface area (Å²) >= 11 is 0. The highest BCUT2D eigenvalue weighted by Gasteiger charge is 2.21. The number of anilines is 2. The van der Waals surface area contributed by atoms with Crippen LogP contribution < -0.4 is 20.1 Å². The van der Waals surface area contributed by atoms with E-state index >= 15 is 0 Å². The van der Waals surface area contributed by atoms with Crippen molar-refractivity contribution in [1.82, 2.24) is 0 Å². The van der Waals surface area contributed by atoms with Crippen molar-refractivity contribution in [2.45, 2.75) is 6.61 Å². The van der Waals surface area contributed by atoms with Gasteiger partial charge in [-0.15, -0.1) is 0 Å². The Balaban J connectivity index is 1.32. The van der Waals surface area contributed by atoms with Crippen LogP contribution in [0.5, 0.6) is 11.5 Å². The van der Waals surface area contributed by atoms with Crippen LogP contribution in [0, 0.1) is 0 Å². The molecule has 4 aromatic carbocycles. The van der Waals surface area contributed by atoms with Gasteiger partial charge in [-0.1, -0.05) is 48.5 Å². The Hall–Kier alpha value is -5.04. The second-order valence-electron chi connectivity index (χ2n) is 8.19. The molecule has 0 fully saturated rings. The smallest absolute Gasteiger partial charge is 0.291 e. The molecule has 0 radical (unpaired) electrons. The van der Waals surface area contributed by atoms with Crippen LogP contribution in [0.4, 0.5) is 11.4 Å². The number of amides is 2. The summed E-state index contributed by atoms with van der Waals surface area (Å²) < 4.78 is 17.1. The molecule has 0 saturated carbocycles. The Bertz CT molecular complexity index is 1540. The molecule has 2 amide bonds. The van der Waals surface area contributed by atoms with Crippen molar-refractivity contribution in [2.75, 3.05) is 17.7 Å². The molecule has 2 N–H and O–H groups in total. The molecular formula is C30H24N2O5.